The van der Waals surface area contributed by atoms with Crippen molar-refractivity contribution in [3.8, 4) is 12.1 Å². The molecule has 0 bridgehead atoms. The number of ether oxygens (including phenoxy) is 2. The van der Waals surface area contributed by atoms with E-state index in [9.17, 15) is 34.5 Å². The molecule has 0 spiro atoms. The molecule has 7 aromatic rings. The topological polar surface area (TPSA) is 225 Å². The maximum atomic E-state index is 13.9. The summed E-state index contributed by atoms with van der Waals surface area (Å²) in [5.41, 5.74) is 20.6. The molecule has 4 aliphatic carbocycles. The third kappa shape index (κ3) is 17.6. The van der Waals surface area contributed by atoms with Gasteiger partial charge in [-0.25, -0.2) is 0 Å². The lowest BCUT2D eigenvalue weighted by Crippen LogP contribution is -2.49. The number of piperidine rings is 2. The van der Waals surface area contributed by atoms with Crippen LogP contribution in [0.5, 0.6) is 0 Å². The molecular formula is C96H111BrN6O10. The highest BCUT2D eigenvalue weighted by atomic mass is 79.9. The van der Waals surface area contributed by atoms with Gasteiger partial charge in [-0.2, -0.15) is 10.5 Å². The summed E-state index contributed by atoms with van der Waals surface area (Å²) in [7, 11) is 0. The number of carbonyl (C=O) groups is 5. The molecule has 0 amide bonds. The van der Waals surface area contributed by atoms with Gasteiger partial charge in [0, 0.05) is 113 Å². The monoisotopic (exact) mass is 1590 g/mol. The van der Waals surface area contributed by atoms with Crippen molar-refractivity contribution in [2.75, 3.05) is 88.6 Å². The number of carbonyl (C=O) groups excluding carboxylic acids is 2. The number of nitriles is 2. The number of hydrogen-bond donors (Lipinski definition) is 3. The molecule has 0 saturated carbocycles. The lowest BCUT2D eigenvalue weighted by molar-refractivity contribution is -0.143. The van der Waals surface area contributed by atoms with Crippen LogP contribution in [0.15, 0.2) is 156 Å². The molecule has 15 rings (SSSR count). The Kier molecular flexibility index (Phi) is 26.1. The first-order valence-corrected chi connectivity index (χ1v) is 40.9. The van der Waals surface area contributed by atoms with Gasteiger partial charge in [0.2, 0.25) is 0 Å². The lowest BCUT2D eigenvalue weighted by atomic mass is 9.68. The van der Waals surface area contributed by atoms with Crippen LogP contribution >= 0.6 is 15.9 Å². The second kappa shape index (κ2) is 35.0. The van der Waals surface area contributed by atoms with Crippen LogP contribution in [-0.4, -0.2) is 145 Å². The van der Waals surface area contributed by atoms with Gasteiger partial charge in [0.25, 0.3) is 0 Å². The smallest absolute Gasteiger partial charge is 0.313 e. The van der Waals surface area contributed by atoms with Crippen LogP contribution in [0.2, 0.25) is 0 Å². The number of morpholine rings is 2. The molecule has 0 unspecified atom stereocenters. The van der Waals surface area contributed by atoms with Crippen LogP contribution in [0.25, 0.3) is 17.2 Å². The number of hydrogen-bond acceptors (Lipinski definition) is 13. The molecule has 0 atom stereocenters. The van der Waals surface area contributed by atoms with Gasteiger partial charge in [-0.05, 0) is 243 Å². The fraction of sp³-hybridized carbons (Fsp3) is 0.427. The van der Waals surface area contributed by atoms with E-state index < -0.39 is 34.2 Å². The van der Waals surface area contributed by atoms with E-state index in [1.54, 1.807) is 47.6 Å². The van der Waals surface area contributed by atoms with Crippen molar-refractivity contribution in [3.63, 3.8) is 0 Å². The van der Waals surface area contributed by atoms with E-state index in [4.69, 9.17) is 24.8 Å². The Labute approximate surface area is 676 Å². The SMILES string of the molecule is C=Cc1ccc(C(C)(C)C(=O)O)cc1.CC(C)(C(=O)O)c1ccc(Br)cc1.CCc1cc2c(cc1N1CCC(N3CCOCC3)CC1)C(C)(C)C1=C(C2=O)c2ccc(C#N)cc2C1.CCc1cc2c(cc1N1CCC(N3CCOCC3)CC1)C(C)(C)C1=C(C2=O)c2ccc(C#N)cc2C1.CCc1ccc(C(C)(C)C(=O)O)cc1. The maximum absolute atomic E-state index is 13.9. The first kappa shape index (κ1) is 84.3. The van der Waals surface area contributed by atoms with Gasteiger partial charge in [0.15, 0.2) is 11.6 Å². The largest absolute Gasteiger partial charge is 0.481 e. The fourth-order valence-electron chi connectivity index (χ4n) is 17.3. The highest BCUT2D eigenvalue weighted by Crippen LogP contribution is 2.53. The van der Waals surface area contributed by atoms with Gasteiger partial charge in [-0.15, -0.1) is 0 Å². The molecule has 16 nitrogen and oxygen atoms in total. The molecule has 592 valence electrons. The fourth-order valence-corrected chi connectivity index (χ4v) is 17.5. The average Bonchev–Trinajstić information content (AvgIpc) is 1.34. The average molecular weight is 1590 g/mol. The van der Waals surface area contributed by atoms with E-state index in [-0.39, 0.29) is 22.4 Å². The summed E-state index contributed by atoms with van der Waals surface area (Å²) in [5, 5.41) is 45.7. The number of carboxylic acid groups (broad SMARTS) is 3. The zero-order valence-corrected chi connectivity index (χ0v) is 69.8. The van der Waals surface area contributed by atoms with Crippen LogP contribution < -0.4 is 9.80 Å². The zero-order valence-electron chi connectivity index (χ0n) is 68.3. The summed E-state index contributed by atoms with van der Waals surface area (Å²) < 4.78 is 12.1. The van der Waals surface area contributed by atoms with Gasteiger partial charge >= 0.3 is 17.9 Å². The van der Waals surface area contributed by atoms with Crippen molar-refractivity contribution in [1.82, 2.24) is 9.80 Å². The maximum Gasteiger partial charge on any atom is 0.313 e. The van der Waals surface area contributed by atoms with Crippen molar-refractivity contribution in [2.24, 2.45) is 0 Å². The van der Waals surface area contributed by atoms with E-state index in [0.29, 0.717) is 23.2 Å². The number of ketones is 2. The molecular weight excluding hydrogens is 1480 g/mol. The quantitative estimate of drug-likeness (QED) is 0.0920. The molecule has 8 aliphatic rings. The summed E-state index contributed by atoms with van der Waals surface area (Å²) >= 11 is 3.30. The zero-order chi connectivity index (χ0) is 81.6. The number of fused-ring (bicyclic) bond motifs is 6. The van der Waals surface area contributed by atoms with Gasteiger partial charge in [0.05, 0.1) is 65.9 Å². The van der Waals surface area contributed by atoms with Crippen LogP contribution in [0.4, 0.5) is 11.4 Å². The molecule has 17 heteroatoms. The van der Waals surface area contributed by atoms with Crippen molar-refractivity contribution in [2.45, 2.75) is 187 Å². The number of aryl methyl sites for hydroxylation is 3. The second-order valence-corrected chi connectivity index (χ2v) is 34.5. The summed E-state index contributed by atoms with van der Waals surface area (Å²) in [4.78, 5) is 71.0. The van der Waals surface area contributed by atoms with Crippen molar-refractivity contribution in [1.29, 1.82) is 10.5 Å². The summed E-state index contributed by atoms with van der Waals surface area (Å²) in [6, 6.07) is 48.9. The van der Waals surface area contributed by atoms with Crippen molar-refractivity contribution in [3.05, 3.63) is 250 Å². The van der Waals surface area contributed by atoms with E-state index in [1.165, 1.54) is 64.9 Å². The predicted octanol–water partition coefficient (Wildman–Crippen LogP) is 17.9. The first-order valence-electron chi connectivity index (χ1n) is 40.2. The molecule has 3 N–H and O–H groups in total. The highest BCUT2D eigenvalue weighted by molar-refractivity contribution is 9.10. The normalized spacial score (nSPS) is 17.9. The van der Waals surface area contributed by atoms with Crippen LogP contribution in [0, 0.1) is 22.7 Å². The van der Waals surface area contributed by atoms with Crippen LogP contribution in [0.1, 0.15) is 220 Å². The van der Waals surface area contributed by atoms with Gasteiger partial charge < -0.3 is 34.6 Å². The number of nitrogens with zero attached hydrogens (tertiary/aromatic N) is 6. The summed E-state index contributed by atoms with van der Waals surface area (Å²) in [6.07, 6.45) is 10.7. The van der Waals surface area contributed by atoms with Gasteiger partial charge in [-0.3, -0.25) is 33.8 Å². The number of Topliss-reactive ketones (excluding diaryl/α,β-unsaturated/α-hetero) is 2. The number of anilines is 2. The summed E-state index contributed by atoms with van der Waals surface area (Å²) in [5.74, 6) is -2.12. The van der Waals surface area contributed by atoms with E-state index >= 15 is 0 Å². The minimum Gasteiger partial charge on any atom is -0.481 e. The number of rotatable bonds is 14. The minimum atomic E-state index is -0.834. The van der Waals surface area contributed by atoms with E-state index in [1.807, 2.05) is 109 Å². The minimum absolute atomic E-state index is 0.148. The van der Waals surface area contributed by atoms with Crippen molar-refractivity contribution < 1.29 is 48.8 Å². The number of carboxylic acids is 3. The van der Waals surface area contributed by atoms with Crippen LogP contribution in [0.3, 0.4) is 0 Å². The third-order valence-corrected chi connectivity index (χ3v) is 25.7. The first-order chi connectivity index (χ1) is 53.7. The van der Waals surface area contributed by atoms with Crippen LogP contribution in [-0.2, 0) is 83.0 Å². The number of aliphatic carboxylic acids is 3. The summed E-state index contributed by atoms with van der Waals surface area (Å²) in [6.45, 7) is 41.2. The lowest BCUT2D eigenvalue weighted by Gasteiger charge is -2.42. The Balaban J connectivity index is 0.000000151. The van der Waals surface area contributed by atoms with Gasteiger partial charge in [-0.1, -0.05) is 150 Å². The number of benzene rings is 7. The Morgan fingerprint density at radius 1 is 0.496 bits per heavy atom. The molecule has 4 heterocycles. The molecule has 4 aliphatic heterocycles. The Morgan fingerprint density at radius 2 is 0.841 bits per heavy atom. The second-order valence-electron chi connectivity index (χ2n) is 33.6. The third-order valence-electron chi connectivity index (χ3n) is 25.2. The highest BCUT2D eigenvalue weighted by Gasteiger charge is 2.46. The van der Waals surface area contributed by atoms with E-state index in [0.717, 1.165) is 193 Å². The standard InChI is InChI=1S/2C31H35N3O2.C12H16O2.C12H14O2.C10H11BrO2/c2*1-4-21-16-25-26(18-28(21)34-9-7-23(8-10-34)33-11-13-36-14-12-33)31(2,3)27-17-22-15-20(19-32)5-6-24(22)29(27)30(25)35;2*1-4-9-5-7-10(8-6-9)12(2,3)11(13)14;1-10(2,9(12)13)7-3-5-8(11)6-4-7/h2*5-6,15-16,18,23H,4,7-14,17H2,1-3H3;5-8H,4H2,1-3H3,(H,13,14);4-8H,1H2,2-3H3,(H,13,14);3-6H,1-2H3,(H,12,13). The Bertz CT molecular complexity index is 4700. The molecule has 0 aromatic heterocycles. The number of halogens is 1. The van der Waals surface area contributed by atoms with Crippen molar-refractivity contribution >= 4 is 74.0 Å². The molecule has 0 radical (unpaired) electrons. The Morgan fingerprint density at radius 3 is 1.16 bits per heavy atom. The number of allylic oxidation sites excluding steroid dienone is 4. The van der Waals surface area contributed by atoms with E-state index in [2.05, 4.69) is 127 Å². The molecule has 113 heavy (non-hydrogen) atoms. The Hall–Kier alpha value is -9.59. The molecule has 7 aromatic carbocycles. The predicted molar refractivity (Wildman–Crippen MR) is 454 cm³/mol. The molecule has 4 fully saturated rings. The van der Waals surface area contributed by atoms with Gasteiger partial charge in [0.1, 0.15) is 0 Å². The molecule has 4 saturated heterocycles.